The summed E-state index contributed by atoms with van der Waals surface area (Å²) >= 11 is 0.748. The van der Waals surface area contributed by atoms with Gasteiger partial charge >= 0.3 is 12.1 Å². The number of thioether (sulfide) groups is 1. The van der Waals surface area contributed by atoms with E-state index in [2.05, 4.69) is 0 Å². The van der Waals surface area contributed by atoms with Gasteiger partial charge in [0.15, 0.2) is 0 Å². The molecule has 0 saturated carbocycles. The number of carbonyl (C=O) groups excluding carboxylic acids is 1. The van der Waals surface area contributed by atoms with E-state index in [0.29, 0.717) is 18.2 Å². The lowest BCUT2D eigenvalue weighted by atomic mass is 10.2. The van der Waals surface area contributed by atoms with Gasteiger partial charge in [-0.1, -0.05) is 0 Å². The van der Waals surface area contributed by atoms with Crippen LogP contribution in [0.5, 0.6) is 0 Å². The Kier molecular flexibility index (Phi) is 5.37. The fraction of sp³-hybridized carbons (Fsp3) is 0.273. The fourth-order valence-corrected chi connectivity index (χ4v) is 1.75. The molecule has 1 aromatic carbocycles. The molecule has 0 fully saturated rings. The molecule has 0 heterocycles. The van der Waals surface area contributed by atoms with Gasteiger partial charge in [0.05, 0.1) is 22.8 Å². The molecular formula is C11H9F4NO3S. The highest BCUT2D eigenvalue weighted by atomic mass is 32.2. The Morgan fingerprint density at radius 1 is 1.25 bits per heavy atom. The second-order valence-corrected chi connectivity index (χ2v) is 4.61. The Labute approximate surface area is 115 Å². The largest absolute Gasteiger partial charge is 0.481 e. The molecule has 0 aliphatic rings. The maximum atomic E-state index is 13.3. The minimum atomic E-state index is -4.65. The van der Waals surface area contributed by atoms with Crippen LogP contribution in [0.3, 0.4) is 0 Å². The molecule has 9 heteroatoms. The van der Waals surface area contributed by atoms with E-state index in [0.717, 1.165) is 11.8 Å². The summed E-state index contributed by atoms with van der Waals surface area (Å²) in [5.41, 5.74) is -1.69. The van der Waals surface area contributed by atoms with Crippen LogP contribution in [0.15, 0.2) is 18.2 Å². The van der Waals surface area contributed by atoms with Crippen LogP contribution in [0.25, 0.3) is 0 Å². The van der Waals surface area contributed by atoms with Gasteiger partial charge in [-0.3, -0.25) is 9.59 Å². The van der Waals surface area contributed by atoms with Crippen molar-refractivity contribution in [2.45, 2.75) is 6.18 Å². The summed E-state index contributed by atoms with van der Waals surface area (Å²) < 4.78 is 50.6. The summed E-state index contributed by atoms with van der Waals surface area (Å²) in [6.45, 7) is 0. The van der Waals surface area contributed by atoms with E-state index >= 15 is 0 Å². The number of rotatable bonds is 5. The zero-order valence-corrected chi connectivity index (χ0v) is 10.6. The molecule has 110 valence electrons. The van der Waals surface area contributed by atoms with E-state index in [1.165, 1.54) is 0 Å². The monoisotopic (exact) mass is 311 g/mol. The normalized spacial score (nSPS) is 11.2. The van der Waals surface area contributed by atoms with Gasteiger partial charge in [0.25, 0.3) is 0 Å². The van der Waals surface area contributed by atoms with Gasteiger partial charge in [-0.15, -0.1) is 11.8 Å². The molecule has 0 aliphatic heterocycles. The van der Waals surface area contributed by atoms with E-state index in [1.54, 1.807) is 0 Å². The first-order valence-electron chi connectivity index (χ1n) is 5.16. The van der Waals surface area contributed by atoms with Crippen LogP contribution in [0, 0.1) is 5.82 Å². The van der Waals surface area contributed by atoms with Crippen molar-refractivity contribution in [2.24, 2.45) is 0 Å². The van der Waals surface area contributed by atoms with Crippen molar-refractivity contribution in [3.05, 3.63) is 29.6 Å². The Bertz CT molecular complexity index is 519. The van der Waals surface area contributed by atoms with E-state index in [4.69, 9.17) is 5.11 Å². The molecule has 0 saturated heterocycles. The lowest BCUT2D eigenvalue weighted by molar-refractivity contribution is -0.137. The second-order valence-electron chi connectivity index (χ2n) is 3.63. The van der Waals surface area contributed by atoms with E-state index in [9.17, 15) is 27.2 Å². The average Bonchev–Trinajstić information content (AvgIpc) is 2.30. The highest BCUT2D eigenvalue weighted by molar-refractivity contribution is 8.00. The predicted molar refractivity (Wildman–Crippen MR) is 65.0 cm³/mol. The van der Waals surface area contributed by atoms with Gasteiger partial charge in [0.2, 0.25) is 5.91 Å². The smallest absolute Gasteiger partial charge is 0.416 e. The summed E-state index contributed by atoms with van der Waals surface area (Å²) in [7, 11) is 0. The minimum absolute atomic E-state index is 0.304. The van der Waals surface area contributed by atoms with Gasteiger partial charge in [-0.2, -0.15) is 13.2 Å². The third kappa shape index (κ3) is 5.08. The zero-order chi connectivity index (χ0) is 15.3. The molecule has 0 atom stereocenters. The van der Waals surface area contributed by atoms with Crippen molar-refractivity contribution < 1.29 is 32.3 Å². The SMILES string of the molecule is O=C(O)CSCC(=O)Nc1cc(C(F)(F)F)ccc1F. The average molecular weight is 311 g/mol. The number of aliphatic carboxylic acids is 1. The third-order valence-electron chi connectivity index (χ3n) is 2.03. The molecule has 0 bridgehead atoms. The molecule has 0 spiro atoms. The van der Waals surface area contributed by atoms with Gasteiger partial charge in [-0.25, -0.2) is 4.39 Å². The lowest BCUT2D eigenvalue weighted by Gasteiger charge is -2.10. The van der Waals surface area contributed by atoms with Crippen molar-refractivity contribution in [3.8, 4) is 0 Å². The lowest BCUT2D eigenvalue weighted by Crippen LogP contribution is -2.17. The molecular weight excluding hydrogens is 302 g/mol. The summed E-state index contributed by atoms with van der Waals surface area (Å²) in [5, 5.41) is 10.3. The second kappa shape index (κ2) is 6.60. The minimum Gasteiger partial charge on any atom is -0.481 e. The highest BCUT2D eigenvalue weighted by Crippen LogP contribution is 2.31. The number of hydrogen-bond acceptors (Lipinski definition) is 3. The number of carboxylic acids is 1. The van der Waals surface area contributed by atoms with Crippen LogP contribution in [0.4, 0.5) is 23.2 Å². The highest BCUT2D eigenvalue weighted by Gasteiger charge is 2.31. The predicted octanol–water partition coefficient (Wildman–Crippen LogP) is 2.60. The van der Waals surface area contributed by atoms with E-state index in [-0.39, 0.29) is 11.5 Å². The molecule has 0 radical (unpaired) electrons. The Morgan fingerprint density at radius 2 is 1.90 bits per heavy atom. The molecule has 0 aromatic heterocycles. The number of carboxylic acid groups (broad SMARTS) is 1. The van der Waals surface area contributed by atoms with E-state index < -0.39 is 35.1 Å². The molecule has 20 heavy (non-hydrogen) atoms. The van der Waals surface area contributed by atoms with E-state index in [1.807, 2.05) is 5.32 Å². The molecule has 1 aromatic rings. The molecule has 4 nitrogen and oxygen atoms in total. The molecule has 1 rings (SSSR count). The molecule has 0 unspecified atom stereocenters. The van der Waals surface area contributed by atoms with Crippen LogP contribution in [0.1, 0.15) is 5.56 Å². The molecule has 1 amide bonds. The first-order chi connectivity index (χ1) is 9.20. The number of amides is 1. The maximum Gasteiger partial charge on any atom is 0.416 e. The quantitative estimate of drug-likeness (QED) is 0.820. The number of hydrogen-bond donors (Lipinski definition) is 2. The summed E-state index contributed by atoms with van der Waals surface area (Å²) in [5.74, 6) is -3.56. The van der Waals surface area contributed by atoms with Gasteiger partial charge in [0.1, 0.15) is 5.82 Å². The van der Waals surface area contributed by atoms with Crippen molar-refractivity contribution in [2.75, 3.05) is 16.8 Å². The number of alkyl halides is 3. The van der Waals surface area contributed by atoms with Crippen LogP contribution >= 0.6 is 11.8 Å². The standard InChI is InChI=1S/C11H9F4NO3S/c12-7-2-1-6(11(13,14)15)3-8(7)16-9(17)4-20-5-10(18)19/h1-3H,4-5H2,(H,16,17)(H,18,19). The van der Waals surface area contributed by atoms with Crippen LogP contribution < -0.4 is 5.32 Å². The number of halogens is 4. The van der Waals surface area contributed by atoms with Gasteiger partial charge < -0.3 is 10.4 Å². The fourth-order valence-electron chi connectivity index (χ4n) is 1.21. The Hall–Kier alpha value is -1.77. The van der Waals surface area contributed by atoms with Crippen molar-refractivity contribution in [1.29, 1.82) is 0 Å². The van der Waals surface area contributed by atoms with Crippen LogP contribution in [0.2, 0.25) is 0 Å². The number of anilines is 1. The van der Waals surface area contributed by atoms with Crippen LogP contribution in [-0.2, 0) is 15.8 Å². The van der Waals surface area contributed by atoms with Crippen molar-refractivity contribution in [3.63, 3.8) is 0 Å². The van der Waals surface area contributed by atoms with Crippen molar-refractivity contribution in [1.82, 2.24) is 0 Å². The summed E-state index contributed by atoms with van der Waals surface area (Å²) in [6, 6.07) is 1.64. The van der Waals surface area contributed by atoms with Gasteiger partial charge in [-0.05, 0) is 18.2 Å². The number of nitrogens with one attached hydrogen (secondary N) is 1. The Balaban J connectivity index is 2.71. The third-order valence-corrected chi connectivity index (χ3v) is 2.94. The first-order valence-corrected chi connectivity index (χ1v) is 6.31. The van der Waals surface area contributed by atoms with Crippen LogP contribution in [-0.4, -0.2) is 28.5 Å². The number of benzene rings is 1. The zero-order valence-electron chi connectivity index (χ0n) is 9.83. The first kappa shape index (κ1) is 16.3. The summed E-state index contributed by atoms with van der Waals surface area (Å²) in [6.07, 6.45) is -4.65. The Morgan fingerprint density at radius 3 is 2.45 bits per heavy atom. The maximum absolute atomic E-state index is 13.3. The molecule has 0 aliphatic carbocycles. The van der Waals surface area contributed by atoms with Gasteiger partial charge in [0, 0.05) is 0 Å². The summed E-state index contributed by atoms with van der Waals surface area (Å²) in [4.78, 5) is 21.5. The van der Waals surface area contributed by atoms with Crippen molar-refractivity contribution >= 4 is 29.3 Å². The topological polar surface area (TPSA) is 66.4 Å². The number of carbonyl (C=O) groups is 2. The molecule has 2 N–H and O–H groups in total.